The molecule has 0 aliphatic rings. The van der Waals surface area contributed by atoms with Crippen LogP contribution in [0.15, 0.2) is 29.6 Å². The molecule has 0 atom stereocenters. The molecule has 84 valence electrons. The van der Waals surface area contributed by atoms with E-state index in [1.165, 1.54) is 10.6 Å². The van der Waals surface area contributed by atoms with E-state index in [9.17, 15) is 0 Å². The molecular formula is C12H13ClN2S. The summed E-state index contributed by atoms with van der Waals surface area (Å²) in [5.74, 6) is 0. The van der Waals surface area contributed by atoms with Gasteiger partial charge in [-0.1, -0.05) is 11.6 Å². The van der Waals surface area contributed by atoms with Crippen LogP contribution in [0.2, 0.25) is 5.02 Å². The number of hydrogen-bond acceptors (Lipinski definition) is 3. The number of nitrogens with two attached hydrogens (primary N) is 1. The third kappa shape index (κ3) is 2.01. The summed E-state index contributed by atoms with van der Waals surface area (Å²) in [7, 11) is 2.00. The van der Waals surface area contributed by atoms with Gasteiger partial charge in [0.15, 0.2) is 0 Å². The maximum absolute atomic E-state index is 5.98. The van der Waals surface area contributed by atoms with Crippen molar-refractivity contribution in [2.45, 2.75) is 6.92 Å². The van der Waals surface area contributed by atoms with Gasteiger partial charge in [-0.25, -0.2) is 0 Å². The first kappa shape index (κ1) is 11.3. The minimum absolute atomic E-state index is 0.699. The van der Waals surface area contributed by atoms with E-state index in [1.54, 1.807) is 17.4 Å². The molecule has 2 nitrogen and oxygen atoms in total. The van der Waals surface area contributed by atoms with Crippen LogP contribution in [0, 0.1) is 6.92 Å². The van der Waals surface area contributed by atoms with Gasteiger partial charge in [0.1, 0.15) is 0 Å². The maximum Gasteiger partial charge on any atom is 0.0980 e. The van der Waals surface area contributed by atoms with Crippen LogP contribution < -0.4 is 10.6 Å². The van der Waals surface area contributed by atoms with Crippen molar-refractivity contribution in [2.24, 2.45) is 0 Å². The monoisotopic (exact) mass is 252 g/mol. The standard InChI is InChI=1S/C12H13ClN2S/c1-8-5-6-16-12(8)15(2)11-7-9(13)3-4-10(11)14/h3-7H,14H2,1-2H3. The molecule has 1 aromatic heterocycles. The van der Waals surface area contributed by atoms with Crippen LogP contribution in [0.1, 0.15) is 5.56 Å². The molecule has 2 aromatic rings. The number of halogens is 1. The summed E-state index contributed by atoms with van der Waals surface area (Å²) in [6.45, 7) is 2.09. The fourth-order valence-corrected chi connectivity index (χ4v) is 2.70. The largest absolute Gasteiger partial charge is 0.397 e. The van der Waals surface area contributed by atoms with E-state index in [4.69, 9.17) is 17.3 Å². The van der Waals surface area contributed by atoms with Crippen molar-refractivity contribution in [1.29, 1.82) is 0 Å². The van der Waals surface area contributed by atoms with Crippen LogP contribution in [0.25, 0.3) is 0 Å². The number of nitrogens with zero attached hydrogens (tertiary/aromatic N) is 1. The van der Waals surface area contributed by atoms with Crippen molar-refractivity contribution < 1.29 is 0 Å². The fraction of sp³-hybridized carbons (Fsp3) is 0.167. The predicted octanol–water partition coefficient (Wildman–Crippen LogP) is 4.06. The number of thiophene rings is 1. The van der Waals surface area contributed by atoms with Crippen molar-refractivity contribution in [3.05, 3.63) is 40.2 Å². The molecule has 0 aliphatic carbocycles. The van der Waals surface area contributed by atoms with Crippen molar-refractivity contribution in [1.82, 2.24) is 0 Å². The second kappa shape index (κ2) is 4.36. The number of nitrogen functional groups attached to an aromatic ring is 1. The van der Waals surface area contributed by atoms with Gasteiger partial charge in [0.05, 0.1) is 16.4 Å². The molecule has 2 N–H and O–H groups in total. The number of hydrogen-bond donors (Lipinski definition) is 1. The SMILES string of the molecule is Cc1ccsc1N(C)c1cc(Cl)ccc1N. The summed E-state index contributed by atoms with van der Waals surface area (Å²) >= 11 is 7.68. The Labute approximate surface area is 104 Å². The van der Waals surface area contributed by atoms with Crippen LogP contribution >= 0.6 is 22.9 Å². The second-order valence-electron chi connectivity index (χ2n) is 3.67. The van der Waals surface area contributed by atoms with Gasteiger partial charge >= 0.3 is 0 Å². The molecule has 0 saturated heterocycles. The Morgan fingerprint density at radius 2 is 2.06 bits per heavy atom. The zero-order chi connectivity index (χ0) is 11.7. The van der Waals surface area contributed by atoms with Crippen LogP contribution in [-0.4, -0.2) is 7.05 Å². The topological polar surface area (TPSA) is 29.3 Å². The number of benzene rings is 1. The molecule has 1 aromatic carbocycles. The highest BCUT2D eigenvalue weighted by Crippen LogP contribution is 2.35. The smallest absolute Gasteiger partial charge is 0.0980 e. The van der Waals surface area contributed by atoms with Crippen LogP contribution in [0.3, 0.4) is 0 Å². The Hall–Kier alpha value is -1.19. The van der Waals surface area contributed by atoms with E-state index in [0.29, 0.717) is 5.02 Å². The van der Waals surface area contributed by atoms with E-state index < -0.39 is 0 Å². The van der Waals surface area contributed by atoms with E-state index in [1.807, 2.05) is 19.2 Å². The average Bonchev–Trinajstić information content (AvgIpc) is 2.67. The summed E-state index contributed by atoms with van der Waals surface area (Å²) in [6.07, 6.45) is 0. The van der Waals surface area contributed by atoms with Gasteiger partial charge in [-0.05, 0) is 42.1 Å². The van der Waals surface area contributed by atoms with E-state index in [0.717, 1.165) is 11.4 Å². The van der Waals surface area contributed by atoms with Crippen LogP contribution in [-0.2, 0) is 0 Å². The molecule has 0 fully saturated rings. The summed E-state index contributed by atoms with van der Waals surface area (Å²) in [5, 5.41) is 3.96. The van der Waals surface area contributed by atoms with Crippen LogP contribution in [0.4, 0.5) is 16.4 Å². The Morgan fingerprint density at radius 3 is 2.69 bits per heavy atom. The van der Waals surface area contributed by atoms with E-state index in [-0.39, 0.29) is 0 Å². The highest BCUT2D eigenvalue weighted by Gasteiger charge is 2.11. The second-order valence-corrected chi connectivity index (χ2v) is 5.00. The Balaban J connectivity index is 2.45. The van der Waals surface area contributed by atoms with E-state index in [2.05, 4.69) is 23.3 Å². The fourth-order valence-electron chi connectivity index (χ4n) is 1.63. The van der Waals surface area contributed by atoms with Gasteiger partial charge in [-0.2, -0.15) is 0 Å². The minimum atomic E-state index is 0.699. The molecule has 2 rings (SSSR count). The van der Waals surface area contributed by atoms with Crippen molar-refractivity contribution in [3.8, 4) is 0 Å². The minimum Gasteiger partial charge on any atom is -0.397 e. The lowest BCUT2D eigenvalue weighted by Gasteiger charge is -2.20. The molecular weight excluding hydrogens is 240 g/mol. The molecule has 16 heavy (non-hydrogen) atoms. The maximum atomic E-state index is 5.98. The predicted molar refractivity (Wildman–Crippen MR) is 73.0 cm³/mol. The zero-order valence-corrected chi connectivity index (χ0v) is 10.8. The Morgan fingerprint density at radius 1 is 1.31 bits per heavy atom. The van der Waals surface area contributed by atoms with Crippen molar-refractivity contribution in [3.63, 3.8) is 0 Å². The average molecular weight is 253 g/mol. The van der Waals surface area contributed by atoms with Gasteiger partial charge in [-0.3, -0.25) is 0 Å². The van der Waals surface area contributed by atoms with E-state index >= 15 is 0 Å². The van der Waals surface area contributed by atoms with Gasteiger partial charge in [0.25, 0.3) is 0 Å². The van der Waals surface area contributed by atoms with Gasteiger partial charge in [0.2, 0.25) is 0 Å². The van der Waals surface area contributed by atoms with Crippen molar-refractivity contribution in [2.75, 3.05) is 17.7 Å². The first-order chi connectivity index (χ1) is 7.59. The molecule has 0 bridgehead atoms. The third-order valence-corrected chi connectivity index (χ3v) is 3.82. The molecule has 0 aliphatic heterocycles. The molecule has 0 saturated carbocycles. The lowest BCUT2D eigenvalue weighted by molar-refractivity contribution is 1.22. The Kier molecular flexibility index (Phi) is 3.08. The highest BCUT2D eigenvalue weighted by atomic mass is 35.5. The third-order valence-electron chi connectivity index (χ3n) is 2.49. The molecule has 0 spiro atoms. The van der Waals surface area contributed by atoms with Gasteiger partial charge in [0, 0.05) is 12.1 Å². The summed E-state index contributed by atoms with van der Waals surface area (Å²) in [4.78, 5) is 2.07. The number of rotatable bonds is 2. The summed E-state index contributed by atoms with van der Waals surface area (Å²) in [6, 6.07) is 7.61. The Bertz CT molecular complexity index is 507. The first-order valence-electron chi connectivity index (χ1n) is 4.92. The molecule has 0 unspecified atom stereocenters. The van der Waals surface area contributed by atoms with Gasteiger partial charge in [-0.15, -0.1) is 11.3 Å². The number of anilines is 3. The lowest BCUT2D eigenvalue weighted by atomic mass is 10.2. The molecule has 0 amide bonds. The summed E-state index contributed by atoms with van der Waals surface area (Å²) < 4.78 is 0. The molecule has 1 heterocycles. The lowest BCUT2D eigenvalue weighted by Crippen LogP contribution is -2.11. The van der Waals surface area contributed by atoms with Crippen LogP contribution in [0.5, 0.6) is 0 Å². The molecule has 4 heteroatoms. The van der Waals surface area contributed by atoms with Crippen molar-refractivity contribution >= 4 is 39.3 Å². The zero-order valence-electron chi connectivity index (χ0n) is 9.20. The summed E-state index contributed by atoms with van der Waals surface area (Å²) in [5.41, 5.74) is 8.87. The van der Waals surface area contributed by atoms with Gasteiger partial charge < -0.3 is 10.6 Å². The first-order valence-corrected chi connectivity index (χ1v) is 6.18. The molecule has 0 radical (unpaired) electrons. The normalized spacial score (nSPS) is 10.4. The quantitative estimate of drug-likeness (QED) is 0.817. The number of aryl methyl sites for hydroxylation is 1. The highest BCUT2D eigenvalue weighted by molar-refractivity contribution is 7.14.